The lowest BCUT2D eigenvalue weighted by Gasteiger charge is -2.29. The molecule has 2 atom stereocenters. The molecular formula is C28H28N4O2S. The van der Waals surface area contributed by atoms with Crippen LogP contribution in [0.3, 0.4) is 0 Å². The van der Waals surface area contributed by atoms with E-state index in [-0.39, 0.29) is 12.1 Å². The second-order valence-electron chi connectivity index (χ2n) is 8.33. The topological polar surface area (TPSA) is 51.5 Å². The Morgan fingerprint density at radius 1 is 0.943 bits per heavy atom. The number of pyridine rings is 1. The van der Waals surface area contributed by atoms with Crippen LogP contribution in [0.4, 0.5) is 0 Å². The van der Waals surface area contributed by atoms with Gasteiger partial charge in [0.1, 0.15) is 11.5 Å². The highest BCUT2D eigenvalue weighted by Crippen LogP contribution is 2.40. The van der Waals surface area contributed by atoms with E-state index in [9.17, 15) is 0 Å². The number of nitrogens with one attached hydrogen (secondary N) is 1. The predicted octanol–water partition coefficient (Wildman–Crippen LogP) is 5.45. The molecular weight excluding hydrogens is 456 g/mol. The Labute approximate surface area is 211 Å². The van der Waals surface area contributed by atoms with Crippen molar-refractivity contribution in [1.82, 2.24) is 19.8 Å². The zero-order valence-corrected chi connectivity index (χ0v) is 20.6. The van der Waals surface area contributed by atoms with Gasteiger partial charge in [-0.25, -0.2) is 0 Å². The normalized spacial score (nSPS) is 17.3. The van der Waals surface area contributed by atoms with E-state index in [4.69, 9.17) is 21.7 Å². The van der Waals surface area contributed by atoms with Gasteiger partial charge in [-0.2, -0.15) is 0 Å². The number of benzene rings is 2. The van der Waals surface area contributed by atoms with Gasteiger partial charge in [-0.3, -0.25) is 4.98 Å². The van der Waals surface area contributed by atoms with Gasteiger partial charge in [0.2, 0.25) is 0 Å². The van der Waals surface area contributed by atoms with Crippen LogP contribution in [0, 0.1) is 0 Å². The molecule has 0 bridgehead atoms. The number of hydrogen-bond donors (Lipinski definition) is 1. The Balaban J connectivity index is 1.54. The van der Waals surface area contributed by atoms with Crippen molar-refractivity contribution < 1.29 is 9.47 Å². The fraction of sp³-hybridized carbons (Fsp3) is 0.214. The Bertz CT molecular complexity index is 1270. The molecule has 2 aromatic carbocycles. The first-order valence-corrected chi connectivity index (χ1v) is 12.1. The second-order valence-corrected chi connectivity index (χ2v) is 8.72. The Morgan fingerprint density at radius 2 is 1.71 bits per heavy atom. The van der Waals surface area contributed by atoms with E-state index >= 15 is 0 Å². The average Bonchev–Trinajstić information content (AvgIpc) is 3.50. The van der Waals surface area contributed by atoms with Crippen LogP contribution >= 0.6 is 12.2 Å². The summed E-state index contributed by atoms with van der Waals surface area (Å²) in [6.45, 7) is 3.30. The van der Waals surface area contributed by atoms with Crippen LogP contribution in [-0.4, -0.2) is 33.3 Å². The van der Waals surface area contributed by atoms with Crippen molar-refractivity contribution in [3.63, 3.8) is 0 Å². The number of thiocarbonyl (C=S) groups is 1. The van der Waals surface area contributed by atoms with Gasteiger partial charge in [0.15, 0.2) is 5.11 Å². The molecule has 0 saturated carbocycles. The van der Waals surface area contributed by atoms with E-state index in [1.165, 1.54) is 0 Å². The lowest BCUT2D eigenvalue weighted by Crippen LogP contribution is -2.30. The lowest BCUT2D eigenvalue weighted by atomic mass is 10.0. The van der Waals surface area contributed by atoms with E-state index in [0.29, 0.717) is 18.3 Å². The molecule has 3 heterocycles. The van der Waals surface area contributed by atoms with Gasteiger partial charge in [0.05, 0.1) is 31.5 Å². The van der Waals surface area contributed by atoms with Crippen LogP contribution < -0.4 is 14.8 Å². The zero-order valence-electron chi connectivity index (χ0n) is 19.8. The van der Waals surface area contributed by atoms with Crippen molar-refractivity contribution in [2.75, 3.05) is 13.7 Å². The molecule has 0 aliphatic carbocycles. The fourth-order valence-electron chi connectivity index (χ4n) is 4.56. The first-order chi connectivity index (χ1) is 17.2. The maximum absolute atomic E-state index is 5.86. The number of ether oxygens (including phenoxy) is 2. The van der Waals surface area contributed by atoms with Crippen molar-refractivity contribution in [2.24, 2.45) is 0 Å². The van der Waals surface area contributed by atoms with E-state index in [2.05, 4.69) is 62.4 Å². The van der Waals surface area contributed by atoms with Crippen LogP contribution in [0.5, 0.6) is 11.5 Å². The molecule has 2 aromatic heterocycles. The van der Waals surface area contributed by atoms with Crippen molar-refractivity contribution >= 4 is 17.3 Å². The van der Waals surface area contributed by atoms with Gasteiger partial charge in [0.25, 0.3) is 0 Å². The van der Waals surface area contributed by atoms with Crippen LogP contribution in [0.15, 0.2) is 91.3 Å². The molecule has 1 fully saturated rings. The van der Waals surface area contributed by atoms with Gasteiger partial charge in [-0.15, -0.1) is 0 Å². The monoisotopic (exact) mass is 484 g/mol. The maximum atomic E-state index is 5.86. The SMILES string of the molecule is CCOc1ccc(-n2cccc2[C@@H]2[C@@H](c3ccccn3)NC(=S)N2Cc2ccc(OC)cc2)cc1. The molecule has 0 radical (unpaired) electrons. The first-order valence-electron chi connectivity index (χ1n) is 11.7. The predicted molar refractivity (Wildman–Crippen MR) is 141 cm³/mol. The quantitative estimate of drug-likeness (QED) is 0.336. The molecule has 1 aliphatic rings. The Morgan fingerprint density at radius 3 is 2.40 bits per heavy atom. The largest absolute Gasteiger partial charge is 0.497 e. The average molecular weight is 485 g/mol. The minimum atomic E-state index is -0.0849. The van der Waals surface area contributed by atoms with E-state index in [1.807, 2.05) is 55.6 Å². The maximum Gasteiger partial charge on any atom is 0.170 e. The molecule has 1 aliphatic heterocycles. The third kappa shape index (κ3) is 4.72. The summed E-state index contributed by atoms with van der Waals surface area (Å²) in [5.41, 5.74) is 4.30. The molecule has 7 heteroatoms. The summed E-state index contributed by atoms with van der Waals surface area (Å²) in [6.07, 6.45) is 3.92. The molecule has 6 nitrogen and oxygen atoms in total. The molecule has 0 spiro atoms. The molecule has 0 unspecified atom stereocenters. The summed E-state index contributed by atoms with van der Waals surface area (Å²) in [5, 5.41) is 4.25. The van der Waals surface area contributed by atoms with Crippen LogP contribution in [0.1, 0.15) is 36.0 Å². The molecule has 1 saturated heterocycles. The number of rotatable bonds is 8. The minimum Gasteiger partial charge on any atom is -0.497 e. The number of methoxy groups -OCH3 is 1. The summed E-state index contributed by atoms with van der Waals surface area (Å²) in [7, 11) is 1.68. The highest BCUT2D eigenvalue weighted by Gasteiger charge is 2.41. The van der Waals surface area contributed by atoms with E-state index in [1.54, 1.807) is 7.11 Å². The Kier molecular flexibility index (Phi) is 6.68. The van der Waals surface area contributed by atoms with Crippen molar-refractivity contribution in [3.05, 3.63) is 108 Å². The molecule has 35 heavy (non-hydrogen) atoms. The van der Waals surface area contributed by atoms with Crippen molar-refractivity contribution in [1.29, 1.82) is 0 Å². The number of nitrogens with zero attached hydrogens (tertiary/aromatic N) is 3. The van der Waals surface area contributed by atoms with Gasteiger partial charge in [-0.05, 0) is 85.4 Å². The summed E-state index contributed by atoms with van der Waals surface area (Å²) in [6, 6.07) is 26.4. The summed E-state index contributed by atoms with van der Waals surface area (Å²) in [5.74, 6) is 1.70. The fourth-order valence-corrected chi connectivity index (χ4v) is 4.87. The number of hydrogen-bond acceptors (Lipinski definition) is 4. The van der Waals surface area contributed by atoms with Crippen LogP contribution in [0.25, 0.3) is 5.69 Å². The summed E-state index contributed by atoms with van der Waals surface area (Å²) >= 11 is 5.86. The molecule has 0 amide bonds. The van der Waals surface area contributed by atoms with Gasteiger partial charge in [0, 0.05) is 30.3 Å². The van der Waals surface area contributed by atoms with Crippen molar-refractivity contribution in [3.8, 4) is 17.2 Å². The first kappa shape index (κ1) is 22.9. The smallest absolute Gasteiger partial charge is 0.170 e. The van der Waals surface area contributed by atoms with Gasteiger partial charge >= 0.3 is 0 Å². The van der Waals surface area contributed by atoms with Gasteiger partial charge < -0.3 is 24.3 Å². The zero-order chi connectivity index (χ0) is 24.2. The van der Waals surface area contributed by atoms with Crippen LogP contribution in [-0.2, 0) is 6.54 Å². The third-order valence-electron chi connectivity index (χ3n) is 6.22. The molecule has 5 rings (SSSR count). The van der Waals surface area contributed by atoms with Crippen molar-refractivity contribution in [2.45, 2.75) is 25.6 Å². The highest BCUT2D eigenvalue weighted by atomic mass is 32.1. The highest BCUT2D eigenvalue weighted by molar-refractivity contribution is 7.80. The molecule has 1 N–H and O–H groups in total. The third-order valence-corrected chi connectivity index (χ3v) is 6.57. The molecule has 4 aromatic rings. The summed E-state index contributed by atoms with van der Waals surface area (Å²) in [4.78, 5) is 6.91. The van der Waals surface area contributed by atoms with Crippen LogP contribution in [0.2, 0.25) is 0 Å². The Hall–Kier alpha value is -3.84. The minimum absolute atomic E-state index is 0.0546. The standard InChI is InChI=1S/C28H28N4O2S/c1-3-34-23-15-11-21(12-16-23)31-18-6-8-25(31)27-26(24-7-4-5-17-29-24)30-28(35)32(27)19-20-9-13-22(33-2)14-10-20/h4-18,26-27H,3,19H2,1-2H3,(H,30,35)/t26-,27-/m1/s1. The number of aromatic nitrogens is 2. The van der Waals surface area contributed by atoms with Gasteiger partial charge in [-0.1, -0.05) is 18.2 Å². The second kappa shape index (κ2) is 10.2. The van der Waals surface area contributed by atoms with E-state index < -0.39 is 0 Å². The lowest BCUT2D eigenvalue weighted by molar-refractivity contribution is 0.302. The summed E-state index contributed by atoms with van der Waals surface area (Å²) < 4.78 is 13.2. The van der Waals surface area contributed by atoms with E-state index in [0.717, 1.165) is 34.1 Å². The molecule has 178 valence electrons.